The van der Waals surface area contributed by atoms with Crippen molar-refractivity contribution in [3.05, 3.63) is 114 Å². The summed E-state index contributed by atoms with van der Waals surface area (Å²) in [5.74, 6) is -0.464. The average molecular weight is 592 g/mol. The van der Waals surface area contributed by atoms with Crippen molar-refractivity contribution in [2.45, 2.75) is 23.7 Å². The maximum atomic E-state index is 14.1. The maximum Gasteiger partial charge on any atom is 0.416 e. The Hall–Kier alpha value is -4.77. The lowest BCUT2D eigenvalue weighted by Crippen LogP contribution is -2.48. The predicted octanol–water partition coefficient (Wildman–Crippen LogP) is 8.42. The van der Waals surface area contributed by atoms with Gasteiger partial charge in [-0.1, -0.05) is 30.3 Å². The molecule has 0 radical (unpaired) electrons. The zero-order chi connectivity index (χ0) is 30.0. The van der Waals surface area contributed by atoms with Gasteiger partial charge in [-0.3, -0.25) is 9.80 Å². The number of imide groups is 1. The van der Waals surface area contributed by atoms with Crippen molar-refractivity contribution in [3.8, 4) is 0 Å². The molecule has 214 valence electrons. The van der Waals surface area contributed by atoms with Gasteiger partial charge in [-0.25, -0.2) is 19.3 Å². The lowest BCUT2D eigenvalue weighted by atomic mass is 10.1. The first-order valence-corrected chi connectivity index (χ1v) is 13.8. The molecule has 7 nitrogen and oxygen atoms in total. The van der Waals surface area contributed by atoms with Gasteiger partial charge in [-0.05, 0) is 79.2 Å². The fourth-order valence-corrected chi connectivity index (χ4v) is 5.42. The number of anilines is 4. The zero-order valence-electron chi connectivity index (χ0n) is 22.2. The van der Waals surface area contributed by atoms with E-state index in [1.807, 2.05) is 0 Å². The third-order valence-electron chi connectivity index (χ3n) is 6.67. The quantitative estimate of drug-likeness (QED) is 0.218. The molecular weight excluding hydrogens is 567 g/mol. The summed E-state index contributed by atoms with van der Waals surface area (Å²) in [5.41, 5.74) is 0.821. The number of hydrogen-bond acceptors (Lipinski definition) is 4. The van der Waals surface area contributed by atoms with Crippen molar-refractivity contribution in [2.24, 2.45) is 0 Å². The van der Waals surface area contributed by atoms with Gasteiger partial charge in [0.1, 0.15) is 0 Å². The molecule has 1 aliphatic rings. The number of urea groups is 2. The van der Waals surface area contributed by atoms with E-state index in [0.717, 1.165) is 32.4 Å². The molecule has 0 fully saturated rings. The summed E-state index contributed by atoms with van der Waals surface area (Å²) in [4.78, 5) is 43.2. The number of thioether (sulfide) groups is 1. The molecule has 0 saturated carbocycles. The summed E-state index contributed by atoms with van der Waals surface area (Å²) < 4.78 is 41.2. The summed E-state index contributed by atoms with van der Waals surface area (Å²) in [6.45, 7) is 1.79. The number of nitrogens with zero attached hydrogens (tertiary/aromatic N) is 3. The summed E-state index contributed by atoms with van der Waals surface area (Å²) >= 11 is 1.49. The molecule has 42 heavy (non-hydrogen) atoms. The number of fused-ring (bicyclic) bond motifs is 1. The van der Waals surface area contributed by atoms with Crippen LogP contribution >= 0.6 is 11.8 Å². The Labute approximate surface area is 243 Å². The Morgan fingerprint density at radius 3 is 2.02 bits per heavy atom. The van der Waals surface area contributed by atoms with Crippen molar-refractivity contribution in [3.63, 3.8) is 0 Å². The normalized spacial score (nSPS) is 13.7. The van der Waals surface area contributed by atoms with Crippen LogP contribution in [-0.4, -0.2) is 29.7 Å². The van der Waals surface area contributed by atoms with Crippen LogP contribution in [0, 0.1) is 0 Å². The van der Waals surface area contributed by atoms with Crippen molar-refractivity contribution >= 4 is 52.5 Å². The number of carbonyl (C=O) groups excluding carboxylic acids is 2. The SMILES string of the molecule is CCN1C(=O)N(c2ccc(CSc3ccc(C(=O)O)cc3)cc2)C(=O)N(c2ccccc2)c2cc(C(F)(F)F)ccc21. The number of hydrogen-bond donors (Lipinski definition) is 1. The first-order chi connectivity index (χ1) is 20.1. The van der Waals surface area contributed by atoms with E-state index < -0.39 is 29.8 Å². The second-order valence-corrected chi connectivity index (χ2v) is 10.4. The van der Waals surface area contributed by atoms with Crippen LogP contribution in [0.5, 0.6) is 0 Å². The molecular formula is C31H24F3N3O4S. The van der Waals surface area contributed by atoms with E-state index in [2.05, 4.69) is 0 Å². The predicted molar refractivity (Wildman–Crippen MR) is 156 cm³/mol. The topological polar surface area (TPSA) is 81.2 Å². The average Bonchev–Trinajstić information content (AvgIpc) is 3.07. The van der Waals surface area contributed by atoms with Crippen molar-refractivity contribution in [2.75, 3.05) is 21.2 Å². The van der Waals surface area contributed by atoms with Gasteiger partial charge < -0.3 is 5.11 Å². The van der Waals surface area contributed by atoms with Crippen LogP contribution in [0.25, 0.3) is 0 Å². The molecule has 1 aliphatic heterocycles. The third-order valence-corrected chi connectivity index (χ3v) is 7.75. The standard InChI is InChI=1S/C31H24F3N3O4S/c1-2-35-26-17-12-22(31(32,33)34)18-27(26)36(23-6-4-3-5-7-23)30(41)37(29(35)40)24-13-8-20(9-14-24)19-42-25-15-10-21(11-16-25)28(38)39/h3-18H,2,19H2,1H3,(H,38,39). The first kappa shape index (κ1) is 28.7. The lowest BCUT2D eigenvalue weighted by molar-refractivity contribution is -0.137. The lowest BCUT2D eigenvalue weighted by Gasteiger charge is -2.27. The van der Waals surface area contributed by atoms with Crippen molar-refractivity contribution in [1.82, 2.24) is 0 Å². The molecule has 0 spiro atoms. The molecule has 0 saturated heterocycles. The molecule has 0 unspecified atom stereocenters. The van der Waals surface area contributed by atoms with Crippen LogP contribution < -0.4 is 14.7 Å². The number of carboxylic acid groups (broad SMARTS) is 1. The maximum absolute atomic E-state index is 14.1. The van der Waals surface area contributed by atoms with Gasteiger partial charge in [0.05, 0.1) is 33.9 Å². The molecule has 0 bridgehead atoms. The van der Waals surface area contributed by atoms with E-state index in [1.165, 1.54) is 34.9 Å². The monoisotopic (exact) mass is 591 g/mol. The molecule has 1 heterocycles. The highest BCUT2D eigenvalue weighted by Gasteiger charge is 2.41. The summed E-state index contributed by atoms with van der Waals surface area (Å²) in [6, 6.07) is 23.0. The highest BCUT2D eigenvalue weighted by atomic mass is 32.2. The minimum atomic E-state index is -4.65. The minimum Gasteiger partial charge on any atom is -0.478 e. The minimum absolute atomic E-state index is 0.0549. The van der Waals surface area contributed by atoms with Crippen molar-refractivity contribution < 1.29 is 32.7 Å². The van der Waals surface area contributed by atoms with E-state index in [1.54, 1.807) is 73.7 Å². The molecule has 0 atom stereocenters. The Balaban J connectivity index is 1.50. The van der Waals surface area contributed by atoms with Gasteiger partial charge in [0, 0.05) is 17.2 Å². The number of carbonyl (C=O) groups is 3. The highest BCUT2D eigenvalue weighted by molar-refractivity contribution is 7.98. The second-order valence-electron chi connectivity index (χ2n) is 9.30. The molecule has 1 N–H and O–H groups in total. The number of alkyl halides is 3. The van der Waals surface area contributed by atoms with E-state index in [9.17, 15) is 27.6 Å². The van der Waals surface area contributed by atoms with Crippen LogP contribution in [0.3, 0.4) is 0 Å². The second kappa shape index (κ2) is 11.6. The number of amides is 4. The summed E-state index contributed by atoms with van der Waals surface area (Å²) in [5, 5.41) is 9.07. The van der Waals surface area contributed by atoms with Gasteiger partial charge in [-0.2, -0.15) is 13.2 Å². The number of halogens is 3. The van der Waals surface area contributed by atoms with Gasteiger partial charge in [0.25, 0.3) is 0 Å². The fourth-order valence-electron chi connectivity index (χ4n) is 4.57. The number of para-hydroxylation sites is 1. The van der Waals surface area contributed by atoms with E-state index in [4.69, 9.17) is 5.11 Å². The third kappa shape index (κ3) is 5.68. The zero-order valence-corrected chi connectivity index (χ0v) is 23.0. The van der Waals surface area contributed by atoms with E-state index >= 15 is 0 Å². The van der Waals surface area contributed by atoms with Gasteiger partial charge in [0.2, 0.25) is 0 Å². The number of aromatic carboxylic acids is 1. The van der Waals surface area contributed by atoms with E-state index in [0.29, 0.717) is 11.4 Å². The molecule has 11 heteroatoms. The van der Waals surface area contributed by atoms with E-state index in [-0.39, 0.29) is 29.2 Å². The van der Waals surface area contributed by atoms with Crippen LogP contribution in [0.1, 0.15) is 28.4 Å². The Bertz CT molecular complexity index is 1630. The number of rotatable bonds is 7. The number of benzene rings is 4. The highest BCUT2D eigenvalue weighted by Crippen LogP contribution is 2.43. The van der Waals surface area contributed by atoms with Crippen molar-refractivity contribution in [1.29, 1.82) is 0 Å². The Kier molecular flexibility index (Phi) is 7.95. The number of carboxylic acids is 1. The molecule has 5 rings (SSSR count). The van der Waals surface area contributed by atoms with Gasteiger partial charge in [-0.15, -0.1) is 11.8 Å². The summed E-state index contributed by atoms with van der Waals surface area (Å²) in [7, 11) is 0. The van der Waals surface area contributed by atoms with Gasteiger partial charge in [0.15, 0.2) is 0 Å². The van der Waals surface area contributed by atoms with Crippen LogP contribution in [0.2, 0.25) is 0 Å². The van der Waals surface area contributed by atoms with Crippen LogP contribution in [0.4, 0.5) is 45.5 Å². The fraction of sp³-hybridized carbons (Fsp3) is 0.129. The smallest absolute Gasteiger partial charge is 0.416 e. The first-order valence-electron chi connectivity index (χ1n) is 12.9. The van der Waals surface area contributed by atoms with Crippen LogP contribution in [0.15, 0.2) is 102 Å². The Morgan fingerprint density at radius 2 is 1.43 bits per heavy atom. The van der Waals surface area contributed by atoms with Gasteiger partial charge >= 0.3 is 24.2 Å². The molecule has 4 aromatic rings. The molecule has 4 amide bonds. The summed E-state index contributed by atoms with van der Waals surface area (Å²) in [6.07, 6.45) is -4.65. The molecule has 0 aromatic heterocycles. The Morgan fingerprint density at radius 1 is 0.786 bits per heavy atom. The largest absolute Gasteiger partial charge is 0.478 e. The van der Waals surface area contributed by atoms with Crippen LogP contribution in [-0.2, 0) is 11.9 Å². The molecule has 0 aliphatic carbocycles. The molecule has 4 aromatic carbocycles.